The van der Waals surface area contributed by atoms with Crippen molar-refractivity contribution in [2.45, 2.75) is 25.1 Å². The van der Waals surface area contributed by atoms with E-state index in [2.05, 4.69) is 4.98 Å². The van der Waals surface area contributed by atoms with Gasteiger partial charge in [0.15, 0.2) is 5.82 Å². The molecule has 1 fully saturated rings. The Bertz CT molecular complexity index is 341. The van der Waals surface area contributed by atoms with Crippen LogP contribution >= 0.6 is 11.6 Å². The molecule has 0 saturated heterocycles. The highest BCUT2D eigenvalue weighted by Crippen LogP contribution is 2.32. The van der Waals surface area contributed by atoms with Gasteiger partial charge in [-0.2, -0.15) is 0 Å². The van der Waals surface area contributed by atoms with Gasteiger partial charge in [0.05, 0.1) is 12.5 Å². The topological polar surface area (TPSA) is 22.1 Å². The van der Waals surface area contributed by atoms with Gasteiger partial charge in [-0.15, -0.1) is 11.6 Å². The Labute approximate surface area is 93.4 Å². The van der Waals surface area contributed by atoms with Crippen molar-refractivity contribution in [1.82, 2.24) is 4.98 Å². The molecule has 0 radical (unpaired) electrons. The van der Waals surface area contributed by atoms with Gasteiger partial charge in [0.2, 0.25) is 0 Å². The SMILES string of the molecule is Fc1c(CCl)ccnc1OCCC1CC1. The van der Waals surface area contributed by atoms with Crippen LogP contribution in [0.25, 0.3) is 0 Å². The summed E-state index contributed by atoms with van der Waals surface area (Å²) in [7, 11) is 0. The Hall–Kier alpha value is -0.830. The third-order valence-electron chi connectivity index (χ3n) is 2.54. The molecular formula is C11H13ClFNO. The van der Waals surface area contributed by atoms with E-state index < -0.39 is 5.82 Å². The normalized spacial score (nSPS) is 15.3. The molecule has 0 atom stereocenters. The van der Waals surface area contributed by atoms with Crippen LogP contribution in [-0.4, -0.2) is 11.6 Å². The first-order valence-corrected chi connectivity index (χ1v) is 5.67. The maximum absolute atomic E-state index is 13.5. The molecule has 1 saturated carbocycles. The lowest BCUT2D eigenvalue weighted by Gasteiger charge is -2.07. The van der Waals surface area contributed by atoms with Crippen molar-refractivity contribution >= 4 is 11.6 Å². The van der Waals surface area contributed by atoms with E-state index in [1.165, 1.54) is 19.0 Å². The van der Waals surface area contributed by atoms with Gasteiger partial charge in [0.1, 0.15) is 0 Å². The summed E-state index contributed by atoms with van der Waals surface area (Å²) >= 11 is 5.58. The molecule has 0 aliphatic heterocycles. The first kappa shape index (κ1) is 10.7. The average molecular weight is 230 g/mol. The van der Waals surface area contributed by atoms with Gasteiger partial charge in [-0.1, -0.05) is 12.8 Å². The number of halogens is 2. The Balaban J connectivity index is 1.93. The summed E-state index contributed by atoms with van der Waals surface area (Å²) in [6.07, 6.45) is 5.07. The zero-order valence-electron chi connectivity index (χ0n) is 8.38. The van der Waals surface area contributed by atoms with Crippen LogP contribution in [0.15, 0.2) is 12.3 Å². The summed E-state index contributed by atoms with van der Waals surface area (Å²) in [5, 5.41) is 0. The van der Waals surface area contributed by atoms with Crippen LogP contribution in [0.1, 0.15) is 24.8 Å². The number of alkyl halides is 1. The van der Waals surface area contributed by atoms with Crippen molar-refractivity contribution in [2.24, 2.45) is 5.92 Å². The zero-order chi connectivity index (χ0) is 10.7. The maximum atomic E-state index is 13.5. The highest BCUT2D eigenvalue weighted by molar-refractivity contribution is 6.17. The zero-order valence-corrected chi connectivity index (χ0v) is 9.13. The number of ether oxygens (including phenoxy) is 1. The predicted octanol–water partition coefficient (Wildman–Crippen LogP) is 3.14. The van der Waals surface area contributed by atoms with Crippen molar-refractivity contribution in [3.8, 4) is 5.88 Å². The molecule has 1 aliphatic carbocycles. The third kappa shape index (κ3) is 2.81. The van der Waals surface area contributed by atoms with Crippen LogP contribution in [0.4, 0.5) is 4.39 Å². The molecule has 82 valence electrons. The number of rotatable bonds is 5. The fourth-order valence-corrected chi connectivity index (χ4v) is 1.60. The van der Waals surface area contributed by atoms with E-state index in [1.807, 2.05) is 0 Å². The first-order valence-electron chi connectivity index (χ1n) is 5.13. The summed E-state index contributed by atoms with van der Waals surface area (Å²) in [6.45, 7) is 0.542. The van der Waals surface area contributed by atoms with Crippen LogP contribution in [-0.2, 0) is 5.88 Å². The minimum absolute atomic E-state index is 0.0776. The van der Waals surface area contributed by atoms with Crippen LogP contribution < -0.4 is 4.74 Å². The quantitative estimate of drug-likeness (QED) is 0.724. The van der Waals surface area contributed by atoms with Crippen molar-refractivity contribution in [3.63, 3.8) is 0 Å². The van der Waals surface area contributed by atoms with Crippen LogP contribution in [0.3, 0.4) is 0 Å². The molecule has 0 N–H and O–H groups in total. The highest BCUT2D eigenvalue weighted by Gasteiger charge is 2.21. The monoisotopic (exact) mass is 229 g/mol. The molecule has 0 unspecified atom stereocenters. The molecular weight excluding hydrogens is 217 g/mol. The minimum atomic E-state index is -0.428. The lowest BCUT2D eigenvalue weighted by Crippen LogP contribution is -2.03. The van der Waals surface area contributed by atoms with Gasteiger partial charge in [-0.25, -0.2) is 9.37 Å². The molecule has 15 heavy (non-hydrogen) atoms. The van der Waals surface area contributed by atoms with Crippen molar-refractivity contribution in [3.05, 3.63) is 23.6 Å². The summed E-state index contributed by atoms with van der Waals surface area (Å²) < 4.78 is 18.8. The van der Waals surface area contributed by atoms with Gasteiger partial charge >= 0.3 is 0 Å². The number of pyridine rings is 1. The Kier molecular flexibility index (Phi) is 3.41. The second-order valence-corrected chi connectivity index (χ2v) is 4.07. The number of aromatic nitrogens is 1. The summed E-state index contributed by atoms with van der Waals surface area (Å²) in [5.74, 6) is 0.578. The van der Waals surface area contributed by atoms with E-state index in [1.54, 1.807) is 6.07 Å². The number of hydrogen-bond donors (Lipinski definition) is 0. The summed E-state index contributed by atoms with van der Waals surface area (Å²) in [5.41, 5.74) is 0.438. The van der Waals surface area contributed by atoms with Crippen molar-refractivity contribution < 1.29 is 9.13 Å². The van der Waals surface area contributed by atoms with Gasteiger partial charge in [-0.05, 0) is 18.4 Å². The molecule has 0 amide bonds. The van der Waals surface area contributed by atoms with Crippen molar-refractivity contribution in [2.75, 3.05) is 6.61 Å². The van der Waals surface area contributed by atoms with Crippen LogP contribution in [0.2, 0.25) is 0 Å². The second kappa shape index (κ2) is 4.79. The van der Waals surface area contributed by atoms with Crippen molar-refractivity contribution in [1.29, 1.82) is 0 Å². The van der Waals surface area contributed by atoms with Crippen LogP contribution in [0, 0.1) is 11.7 Å². The molecule has 2 rings (SSSR count). The molecule has 0 spiro atoms. The molecule has 2 nitrogen and oxygen atoms in total. The maximum Gasteiger partial charge on any atom is 0.250 e. The van der Waals surface area contributed by atoms with E-state index in [9.17, 15) is 4.39 Å². The summed E-state index contributed by atoms with van der Waals surface area (Å²) in [4.78, 5) is 3.85. The molecule has 1 aliphatic rings. The largest absolute Gasteiger partial charge is 0.476 e. The van der Waals surface area contributed by atoms with Gasteiger partial charge < -0.3 is 4.74 Å². The van der Waals surface area contributed by atoms with E-state index >= 15 is 0 Å². The highest BCUT2D eigenvalue weighted by atomic mass is 35.5. The lowest BCUT2D eigenvalue weighted by molar-refractivity contribution is 0.275. The smallest absolute Gasteiger partial charge is 0.250 e. The predicted molar refractivity (Wildman–Crippen MR) is 56.6 cm³/mol. The summed E-state index contributed by atoms with van der Waals surface area (Å²) in [6, 6.07) is 1.57. The molecule has 0 aromatic carbocycles. The second-order valence-electron chi connectivity index (χ2n) is 3.80. The molecule has 1 heterocycles. The van der Waals surface area contributed by atoms with Gasteiger partial charge in [0.25, 0.3) is 5.88 Å². The fraction of sp³-hybridized carbons (Fsp3) is 0.545. The van der Waals surface area contributed by atoms with E-state index in [4.69, 9.17) is 16.3 Å². The molecule has 1 aromatic heterocycles. The van der Waals surface area contributed by atoms with Gasteiger partial charge in [0, 0.05) is 11.8 Å². The number of nitrogens with zero attached hydrogens (tertiary/aromatic N) is 1. The van der Waals surface area contributed by atoms with E-state index in [0.717, 1.165) is 12.3 Å². The molecule has 0 bridgehead atoms. The molecule has 4 heteroatoms. The van der Waals surface area contributed by atoms with Gasteiger partial charge in [-0.3, -0.25) is 0 Å². The average Bonchev–Trinajstić information content (AvgIpc) is 3.04. The third-order valence-corrected chi connectivity index (χ3v) is 2.83. The Morgan fingerprint density at radius 2 is 2.33 bits per heavy atom. The molecule has 1 aromatic rings. The Morgan fingerprint density at radius 1 is 1.53 bits per heavy atom. The first-order chi connectivity index (χ1) is 7.31. The standard InChI is InChI=1S/C11H13ClFNO/c12-7-9-3-5-14-11(10(9)13)15-6-4-8-1-2-8/h3,5,8H,1-2,4,6-7H2. The number of hydrogen-bond acceptors (Lipinski definition) is 2. The lowest BCUT2D eigenvalue weighted by atomic mass is 10.3. The van der Waals surface area contributed by atoms with E-state index in [0.29, 0.717) is 12.2 Å². The van der Waals surface area contributed by atoms with E-state index in [-0.39, 0.29) is 11.8 Å². The fourth-order valence-electron chi connectivity index (χ4n) is 1.39. The minimum Gasteiger partial charge on any atom is -0.476 e. The Morgan fingerprint density at radius 3 is 3.00 bits per heavy atom. The van der Waals surface area contributed by atoms with Crippen LogP contribution in [0.5, 0.6) is 5.88 Å².